The van der Waals surface area contributed by atoms with Gasteiger partial charge in [-0.3, -0.25) is 4.99 Å². The molecule has 1 atom stereocenters. The molecule has 28 heavy (non-hydrogen) atoms. The second kappa shape index (κ2) is 9.62. The first-order chi connectivity index (χ1) is 13.6. The fourth-order valence-electron chi connectivity index (χ4n) is 3.71. The van der Waals surface area contributed by atoms with Crippen molar-refractivity contribution in [1.29, 1.82) is 0 Å². The molecule has 2 heterocycles. The summed E-state index contributed by atoms with van der Waals surface area (Å²) >= 11 is 0. The van der Waals surface area contributed by atoms with Gasteiger partial charge in [0.25, 0.3) is 0 Å². The Morgan fingerprint density at radius 3 is 2.75 bits per heavy atom. The minimum Gasteiger partial charge on any atom is -0.372 e. The number of rotatable bonds is 7. The lowest BCUT2D eigenvalue weighted by atomic mass is 10.1. The third-order valence-electron chi connectivity index (χ3n) is 5.35. The maximum atomic E-state index is 5.24. The molecular weight excluding hydrogens is 350 g/mol. The van der Waals surface area contributed by atoms with Gasteiger partial charge >= 0.3 is 0 Å². The van der Waals surface area contributed by atoms with E-state index in [0.29, 0.717) is 6.54 Å². The van der Waals surface area contributed by atoms with E-state index in [1.807, 2.05) is 13.8 Å². The largest absolute Gasteiger partial charge is 0.372 e. The van der Waals surface area contributed by atoms with Crippen molar-refractivity contribution in [3.8, 4) is 0 Å². The Labute approximate surface area is 168 Å². The molecule has 1 aromatic carbocycles. The van der Waals surface area contributed by atoms with Crippen LogP contribution >= 0.6 is 0 Å². The summed E-state index contributed by atoms with van der Waals surface area (Å²) in [5.74, 6) is 1.73. The lowest BCUT2D eigenvalue weighted by Crippen LogP contribution is -2.39. The van der Waals surface area contributed by atoms with Crippen LogP contribution in [0.1, 0.15) is 55.3 Å². The highest BCUT2D eigenvalue weighted by atomic mass is 16.5. The van der Waals surface area contributed by atoms with E-state index in [1.165, 1.54) is 24.1 Å². The topological polar surface area (TPSA) is 65.7 Å². The van der Waals surface area contributed by atoms with Crippen LogP contribution in [-0.2, 0) is 6.42 Å². The number of aromatic nitrogens is 1. The summed E-state index contributed by atoms with van der Waals surface area (Å²) in [6.07, 6.45) is 3.41. The summed E-state index contributed by atoms with van der Waals surface area (Å²) in [7, 11) is 0. The Morgan fingerprint density at radius 1 is 1.29 bits per heavy atom. The molecule has 2 N–H and O–H groups in total. The van der Waals surface area contributed by atoms with E-state index in [2.05, 4.69) is 58.8 Å². The number of aryl methyl sites for hydroxylation is 2. The molecule has 2 aromatic rings. The van der Waals surface area contributed by atoms with Crippen molar-refractivity contribution in [2.45, 2.75) is 53.0 Å². The zero-order valence-corrected chi connectivity index (χ0v) is 17.6. The minimum atomic E-state index is 0.180. The quantitative estimate of drug-likeness (QED) is 0.563. The Balaban J connectivity index is 1.63. The molecular formula is C22H33N5O. The third-order valence-corrected chi connectivity index (χ3v) is 5.35. The number of aliphatic imine (C=N–C) groups is 1. The first kappa shape index (κ1) is 20.2. The van der Waals surface area contributed by atoms with Crippen LogP contribution in [0.3, 0.4) is 0 Å². The Kier molecular flexibility index (Phi) is 6.95. The fraction of sp³-hybridized carbons (Fsp3) is 0.545. The molecule has 0 aliphatic carbocycles. The van der Waals surface area contributed by atoms with E-state index in [9.17, 15) is 0 Å². The average molecular weight is 384 g/mol. The number of hydrogen-bond donors (Lipinski definition) is 2. The van der Waals surface area contributed by atoms with Crippen LogP contribution in [0.25, 0.3) is 0 Å². The first-order valence-electron chi connectivity index (χ1n) is 10.4. The third kappa shape index (κ3) is 5.06. The second-order valence-corrected chi connectivity index (χ2v) is 7.47. The SMILES string of the molecule is CCNC(=NCCc1c(C)noc1C)NC(C)c1cccc(N2CCCC2)c1. The van der Waals surface area contributed by atoms with Gasteiger partial charge in [-0.1, -0.05) is 17.3 Å². The number of guanidine groups is 1. The van der Waals surface area contributed by atoms with Gasteiger partial charge < -0.3 is 20.1 Å². The molecule has 1 aliphatic rings. The zero-order chi connectivity index (χ0) is 19.9. The molecule has 1 aromatic heterocycles. The van der Waals surface area contributed by atoms with Crippen molar-refractivity contribution in [3.05, 3.63) is 46.8 Å². The fourth-order valence-corrected chi connectivity index (χ4v) is 3.71. The highest BCUT2D eigenvalue weighted by Gasteiger charge is 2.15. The van der Waals surface area contributed by atoms with Crippen molar-refractivity contribution >= 4 is 11.6 Å². The predicted molar refractivity (Wildman–Crippen MR) is 115 cm³/mol. The van der Waals surface area contributed by atoms with Gasteiger partial charge in [0.2, 0.25) is 0 Å². The Bertz CT molecular complexity index is 772. The molecule has 6 heteroatoms. The van der Waals surface area contributed by atoms with Gasteiger partial charge in [-0.25, -0.2) is 0 Å². The predicted octanol–water partition coefficient (Wildman–Crippen LogP) is 3.75. The number of nitrogens with one attached hydrogen (secondary N) is 2. The van der Waals surface area contributed by atoms with Crippen LogP contribution in [0.2, 0.25) is 0 Å². The molecule has 6 nitrogen and oxygen atoms in total. The summed E-state index contributed by atoms with van der Waals surface area (Å²) in [5, 5.41) is 10.9. The summed E-state index contributed by atoms with van der Waals surface area (Å²) in [6.45, 7) is 12.1. The summed E-state index contributed by atoms with van der Waals surface area (Å²) in [6, 6.07) is 9.04. The average Bonchev–Trinajstić information content (AvgIpc) is 3.34. The molecule has 3 rings (SSSR count). The molecule has 1 saturated heterocycles. The number of nitrogens with zero attached hydrogens (tertiary/aromatic N) is 3. The van der Waals surface area contributed by atoms with E-state index in [1.54, 1.807) is 0 Å². The summed E-state index contributed by atoms with van der Waals surface area (Å²) < 4.78 is 5.24. The van der Waals surface area contributed by atoms with E-state index in [4.69, 9.17) is 9.52 Å². The van der Waals surface area contributed by atoms with Gasteiger partial charge in [0.1, 0.15) is 5.76 Å². The Morgan fingerprint density at radius 2 is 2.07 bits per heavy atom. The molecule has 0 radical (unpaired) electrons. The Hall–Kier alpha value is -2.50. The van der Waals surface area contributed by atoms with E-state index in [-0.39, 0.29) is 6.04 Å². The monoisotopic (exact) mass is 383 g/mol. The number of benzene rings is 1. The molecule has 1 fully saturated rings. The van der Waals surface area contributed by atoms with E-state index in [0.717, 1.165) is 49.0 Å². The maximum absolute atomic E-state index is 5.24. The van der Waals surface area contributed by atoms with Gasteiger partial charge in [0.05, 0.1) is 11.7 Å². The van der Waals surface area contributed by atoms with Crippen LogP contribution in [-0.4, -0.2) is 37.3 Å². The van der Waals surface area contributed by atoms with Crippen molar-refractivity contribution in [3.63, 3.8) is 0 Å². The van der Waals surface area contributed by atoms with Crippen LogP contribution in [0.5, 0.6) is 0 Å². The lowest BCUT2D eigenvalue weighted by Gasteiger charge is -2.22. The van der Waals surface area contributed by atoms with Gasteiger partial charge in [-0.2, -0.15) is 0 Å². The van der Waals surface area contributed by atoms with Crippen molar-refractivity contribution in [2.75, 3.05) is 31.1 Å². The van der Waals surface area contributed by atoms with Gasteiger partial charge in [0, 0.05) is 37.4 Å². The molecule has 0 amide bonds. The van der Waals surface area contributed by atoms with E-state index >= 15 is 0 Å². The van der Waals surface area contributed by atoms with Crippen molar-refractivity contribution < 1.29 is 4.52 Å². The van der Waals surface area contributed by atoms with Gasteiger partial charge in [0.15, 0.2) is 5.96 Å². The van der Waals surface area contributed by atoms with Crippen molar-refractivity contribution in [2.24, 2.45) is 4.99 Å². The molecule has 0 saturated carbocycles. The highest BCUT2D eigenvalue weighted by Crippen LogP contribution is 2.24. The normalized spacial score (nSPS) is 15.7. The van der Waals surface area contributed by atoms with Gasteiger partial charge in [-0.15, -0.1) is 0 Å². The van der Waals surface area contributed by atoms with Gasteiger partial charge in [-0.05, 0) is 64.7 Å². The smallest absolute Gasteiger partial charge is 0.191 e. The molecule has 1 unspecified atom stereocenters. The summed E-state index contributed by atoms with van der Waals surface area (Å²) in [4.78, 5) is 7.22. The highest BCUT2D eigenvalue weighted by molar-refractivity contribution is 5.80. The molecule has 1 aliphatic heterocycles. The molecule has 0 bridgehead atoms. The number of anilines is 1. The first-order valence-corrected chi connectivity index (χ1v) is 10.4. The van der Waals surface area contributed by atoms with Crippen molar-refractivity contribution in [1.82, 2.24) is 15.8 Å². The van der Waals surface area contributed by atoms with Crippen LogP contribution in [0.15, 0.2) is 33.8 Å². The van der Waals surface area contributed by atoms with Crippen LogP contribution in [0.4, 0.5) is 5.69 Å². The maximum Gasteiger partial charge on any atom is 0.191 e. The second-order valence-electron chi connectivity index (χ2n) is 7.47. The molecule has 0 spiro atoms. The minimum absolute atomic E-state index is 0.180. The van der Waals surface area contributed by atoms with Crippen LogP contribution in [0, 0.1) is 13.8 Å². The number of hydrogen-bond acceptors (Lipinski definition) is 4. The molecule has 152 valence electrons. The van der Waals surface area contributed by atoms with E-state index < -0.39 is 0 Å². The zero-order valence-electron chi connectivity index (χ0n) is 17.6. The van der Waals surface area contributed by atoms with Crippen LogP contribution < -0.4 is 15.5 Å². The summed E-state index contributed by atoms with van der Waals surface area (Å²) in [5.41, 5.74) is 4.72. The lowest BCUT2D eigenvalue weighted by molar-refractivity contribution is 0.392. The standard InChI is InChI=1S/C22H33N5O/c1-5-23-22(24-12-11-21-17(3)26-28-18(21)4)25-16(2)19-9-8-10-20(15-19)27-13-6-7-14-27/h8-10,15-16H,5-7,11-14H2,1-4H3,(H2,23,24,25).